The zero-order valence-corrected chi connectivity index (χ0v) is 10.2. The van der Waals surface area contributed by atoms with Crippen LogP contribution in [0.25, 0.3) is 11.3 Å². The van der Waals surface area contributed by atoms with E-state index in [1.165, 1.54) is 0 Å². The largest absolute Gasteiger partial charge is 0.486 e. The van der Waals surface area contributed by atoms with Crippen LogP contribution in [-0.4, -0.2) is 29.4 Å². The Morgan fingerprint density at radius 2 is 2.00 bits per heavy atom. The Hall–Kier alpha value is -2.50. The van der Waals surface area contributed by atoms with Gasteiger partial charge in [0.05, 0.1) is 5.69 Å². The highest BCUT2D eigenvalue weighted by atomic mass is 16.6. The maximum atomic E-state index is 11.2. The zero-order valence-electron chi connectivity index (χ0n) is 10.2. The van der Waals surface area contributed by atoms with Crippen molar-refractivity contribution in [3.8, 4) is 22.8 Å². The van der Waals surface area contributed by atoms with Crippen LogP contribution in [0.2, 0.25) is 0 Å². The Morgan fingerprint density at radius 1 is 1.26 bits per heavy atom. The maximum Gasteiger partial charge on any atom is 0.341 e. The number of nitrogens with zero attached hydrogens (tertiary/aromatic N) is 1. The molecule has 0 spiro atoms. The number of benzene rings is 1. The average molecular weight is 261 g/mol. The predicted molar refractivity (Wildman–Crippen MR) is 64.6 cm³/mol. The number of carbonyl (C=O) groups is 1. The SMILES string of the molecule is Cc1noc(-c2ccc3c(c2)OCCO3)c1C(=O)O. The molecule has 1 aromatic heterocycles. The molecule has 0 saturated carbocycles. The second-order valence-electron chi connectivity index (χ2n) is 4.14. The number of aromatic carboxylic acids is 1. The summed E-state index contributed by atoms with van der Waals surface area (Å²) in [5.41, 5.74) is 1.01. The van der Waals surface area contributed by atoms with Crippen LogP contribution < -0.4 is 9.47 Å². The molecule has 1 N–H and O–H groups in total. The molecule has 0 atom stereocenters. The van der Waals surface area contributed by atoms with Gasteiger partial charge in [-0.3, -0.25) is 0 Å². The van der Waals surface area contributed by atoms with Gasteiger partial charge in [-0.05, 0) is 25.1 Å². The highest BCUT2D eigenvalue weighted by Gasteiger charge is 2.22. The third-order valence-corrected chi connectivity index (χ3v) is 2.88. The summed E-state index contributed by atoms with van der Waals surface area (Å²) in [4.78, 5) is 11.2. The van der Waals surface area contributed by atoms with Crippen molar-refractivity contribution in [2.75, 3.05) is 13.2 Å². The summed E-state index contributed by atoms with van der Waals surface area (Å²) >= 11 is 0. The van der Waals surface area contributed by atoms with Gasteiger partial charge in [-0.1, -0.05) is 5.16 Å². The molecule has 2 aromatic rings. The molecule has 1 aliphatic rings. The number of carboxylic acid groups (broad SMARTS) is 1. The molecule has 0 radical (unpaired) electrons. The third kappa shape index (κ3) is 1.91. The number of rotatable bonds is 2. The van der Waals surface area contributed by atoms with Gasteiger partial charge in [-0.15, -0.1) is 0 Å². The molecule has 3 rings (SSSR count). The molecular formula is C13H11NO5. The second-order valence-corrected chi connectivity index (χ2v) is 4.14. The highest BCUT2D eigenvalue weighted by Crippen LogP contribution is 2.36. The first-order valence-corrected chi connectivity index (χ1v) is 5.76. The fraction of sp³-hybridized carbons (Fsp3) is 0.231. The van der Waals surface area contributed by atoms with Gasteiger partial charge in [0.15, 0.2) is 17.3 Å². The quantitative estimate of drug-likeness (QED) is 0.891. The van der Waals surface area contributed by atoms with E-state index in [4.69, 9.17) is 14.0 Å². The van der Waals surface area contributed by atoms with Gasteiger partial charge < -0.3 is 19.1 Å². The van der Waals surface area contributed by atoms with Gasteiger partial charge in [-0.25, -0.2) is 4.79 Å². The number of hydrogen-bond donors (Lipinski definition) is 1. The number of aryl methyl sites for hydroxylation is 1. The lowest BCUT2D eigenvalue weighted by atomic mass is 10.1. The topological polar surface area (TPSA) is 81.8 Å². The van der Waals surface area contributed by atoms with E-state index in [0.29, 0.717) is 36.0 Å². The fourth-order valence-corrected chi connectivity index (χ4v) is 2.00. The van der Waals surface area contributed by atoms with Crippen LogP contribution in [0.1, 0.15) is 16.1 Å². The van der Waals surface area contributed by atoms with Crippen LogP contribution in [0, 0.1) is 6.92 Å². The normalized spacial score (nSPS) is 13.3. The summed E-state index contributed by atoms with van der Waals surface area (Å²) in [6.45, 7) is 2.57. The van der Waals surface area contributed by atoms with Crippen LogP contribution in [0.5, 0.6) is 11.5 Å². The van der Waals surface area contributed by atoms with E-state index in [2.05, 4.69) is 5.16 Å². The molecule has 6 heteroatoms. The Kier molecular flexibility index (Phi) is 2.63. The highest BCUT2D eigenvalue weighted by molar-refractivity contribution is 5.95. The number of carboxylic acids is 1. The van der Waals surface area contributed by atoms with Crippen molar-refractivity contribution < 1.29 is 23.9 Å². The minimum atomic E-state index is -1.07. The minimum absolute atomic E-state index is 0.0664. The lowest BCUT2D eigenvalue weighted by Gasteiger charge is -2.18. The molecule has 19 heavy (non-hydrogen) atoms. The van der Waals surface area contributed by atoms with Gasteiger partial charge in [-0.2, -0.15) is 0 Å². The fourth-order valence-electron chi connectivity index (χ4n) is 2.00. The van der Waals surface area contributed by atoms with Crippen LogP contribution in [0.15, 0.2) is 22.7 Å². The van der Waals surface area contributed by atoms with E-state index in [9.17, 15) is 9.90 Å². The summed E-state index contributed by atoms with van der Waals surface area (Å²) in [6, 6.07) is 5.15. The molecule has 0 fully saturated rings. The van der Waals surface area contributed by atoms with E-state index >= 15 is 0 Å². The van der Waals surface area contributed by atoms with Gasteiger partial charge >= 0.3 is 5.97 Å². The lowest BCUT2D eigenvalue weighted by molar-refractivity contribution is 0.0696. The van der Waals surface area contributed by atoms with Crippen molar-refractivity contribution in [2.24, 2.45) is 0 Å². The van der Waals surface area contributed by atoms with Crippen LogP contribution in [-0.2, 0) is 0 Å². The van der Waals surface area contributed by atoms with Gasteiger partial charge in [0.2, 0.25) is 0 Å². The van der Waals surface area contributed by atoms with Gasteiger partial charge in [0, 0.05) is 5.56 Å². The van der Waals surface area contributed by atoms with E-state index < -0.39 is 5.97 Å². The molecule has 6 nitrogen and oxygen atoms in total. The van der Waals surface area contributed by atoms with Crippen molar-refractivity contribution in [1.29, 1.82) is 0 Å². The van der Waals surface area contributed by atoms with Crippen molar-refractivity contribution in [3.63, 3.8) is 0 Å². The minimum Gasteiger partial charge on any atom is -0.486 e. The Morgan fingerprint density at radius 3 is 2.74 bits per heavy atom. The van der Waals surface area contributed by atoms with Crippen molar-refractivity contribution in [1.82, 2.24) is 5.16 Å². The molecule has 0 saturated heterocycles. The molecule has 0 amide bonds. The molecule has 2 heterocycles. The maximum absolute atomic E-state index is 11.2. The first-order chi connectivity index (χ1) is 9.16. The predicted octanol–water partition coefficient (Wildman–Crippen LogP) is 2.12. The summed E-state index contributed by atoms with van der Waals surface area (Å²) in [7, 11) is 0. The number of aromatic nitrogens is 1. The molecular weight excluding hydrogens is 250 g/mol. The van der Waals surface area contributed by atoms with Crippen LogP contribution >= 0.6 is 0 Å². The summed E-state index contributed by atoms with van der Waals surface area (Å²) < 4.78 is 16.0. The van der Waals surface area contributed by atoms with E-state index in [1.807, 2.05) is 0 Å². The standard InChI is InChI=1S/C13H11NO5/c1-7-11(13(15)16)12(19-14-7)8-2-3-9-10(6-8)18-5-4-17-9/h2-3,6H,4-5H2,1H3,(H,15,16). The van der Waals surface area contributed by atoms with Gasteiger partial charge in [0.25, 0.3) is 0 Å². The van der Waals surface area contributed by atoms with E-state index in [1.54, 1.807) is 25.1 Å². The van der Waals surface area contributed by atoms with Crippen molar-refractivity contribution in [3.05, 3.63) is 29.5 Å². The molecule has 1 aliphatic heterocycles. The summed E-state index contributed by atoms with van der Waals surface area (Å²) in [5, 5.41) is 12.9. The van der Waals surface area contributed by atoms with Crippen molar-refractivity contribution in [2.45, 2.75) is 6.92 Å². The Balaban J connectivity index is 2.10. The first kappa shape index (κ1) is 11.6. The lowest BCUT2D eigenvalue weighted by Crippen LogP contribution is -2.15. The van der Waals surface area contributed by atoms with E-state index in [-0.39, 0.29) is 11.3 Å². The number of fused-ring (bicyclic) bond motifs is 1. The molecule has 1 aromatic carbocycles. The number of hydrogen-bond acceptors (Lipinski definition) is 5. The number of ether oxygens (including phenoxy) is 2. The Bertz CT molecular complexity index is 646. The van der Waals surface area contributed by atoms with E-state index in [0.717, 1.165) is 0 Å². The molecule has 0 bridgehead atoms. The summed E-state index contributed by atoms with van der Waals surface area (Å²) in [6.07, 6.45) is 0. The molecule has 0 aliphatic carbocycles. The third-order valence-electron chi connectivity index (χ3n) is 2.88. The van der Waals surface area contributed by atoms with Crippen molar-refractivity contribution >= 4 is 5.97 Å². The molecule has 0 unspecified atom stereocenters. The van der Waals surface area contributed by atoms with Gasteiger partial charge in [0.1, 0.15) is 18.8 Å². The van der Waals surface area contributed by atoms with Crippen LogP contribution in [0.4, 0.5) is 0 Å². The molecule has 98 valence electrons. The first-order valence-electron chi connectivity index (χ1n) is 5.76. The monoisotopic (exact) mass is 261 g/mol. The Labute approximate surface area is 108 Å². The average Bonchev–Trinajstić information content (AvgIpc) is 2.80. The summed E-state index contributed by atoms with van der Waals surface area (Å²) in [5.74, 6) is 0.378. The second kappa shape index (κ2) is 4.31. The zero-order chi connectivity index (χ0) is 13.4. The smallest absolute Gasteiger partial charge is 0.341 e. The van der Waals surface area contributed by atoms with Crippen LogP contribution in [0.3, 0.4) is 0 Å².